The van der Waals surface area contributed by atoms with E-state index in [9.17, 15) is 0 Å². The molecule has 0 saturated heterocycles. The second-order valence-electron chi connectivity index (χ2n) is 4.61. The molecule has 0 bridgehead atoms. The first-order chi connectivity index (χ1) is 7.36. The third kappa shape index (κ3) is 2.95. The second-order valence-corrected chi connectivity index (χ2v) is 4.61. The van der Waals surface area contributed by atoms with Crippen LogP contribution >= 0.6 is 0 Å². The summed E-state index contributed by atoms with van der Waals surface area (Å²) in [5, 5.41) is 0. The van der Waals surface area contributed by atoms with Crippen molar-refractivity contribution in [1.82, 2.24) is 0 Å². The molecule has 1 aliphatic rings. The van der Waals surface area contributed by atoms with Gasteiger partial charge in [-0.1, -0.05) is 55.7 Å². The first kappa shape index (κ1) is 10.5. The van der Waals surface area contributed by atoms with Gasteiger partial charge in [0.25, 0.3) is 0 Å². The molecule has 80 valence electrons. The Bertz CT molecular complexity index is 315. The SMILES string of the molecule is CC(=CC1CCCCC1)c1ccccc1. The molecule has 1 aromatic carbocycles. The average Bonchev–Trinajstić information content (AvgIpc) is 2.31. The van der Waals surface area contributed by atoms with Crippen molar-refractivity contribution in [2.45, 2.75) is 39.0 Å². The van der Waals surface area contributed by atoms with Crippen LogP contribution < -0.4 is 0 Å². The molecule has 1 aliphatic carbocycles. The summed E-state index contributed by atoms with van der Waals surface area (Å²) in [6, 6.07) is 10.7. The van der Waals surface area contributed by atoms with Gasteiger partial charge in [0.2, 0.25) is 0 Å². The highest BCUT2D eigenvalue weighted by Gasteiger charge is 2.10. The third-order valence-corrected chi connectivity index (χ3v) is 3.36. The van der Waals surface area contributed by atoms with Gasteiger partial charge in [-0.15, -0.1) is 0 Å². The molecule has 0 N–H and O–H groups in total. The minimum atomic E-state index is 0.832. The maximum Gasteiger partial charge on any atom is -0.0228 e. The molecule has 0 atom stereocenters. The maximum absolute atomic E-state index is 2.48. The first-order valence-electron chi connectivity index (χ1n) is 6.10. The minimum absolute atomic E-state index is 0.832. The van der Waals surface area contributed by atoms with Crippen molar-refractivity contribution in [1.29, 1.82) is 0 Å². The molecular formula is C15H20. The molecule has 1 aromatic rings. The molecule has 0 heteroatoms. The number of hydrogen-bond donors (Lipinski definition) is 0. The summed E-state index contributed by atoms with van der Waals surface area (Å²) in [6.07, 6.45) is 9.55. The number of benzene rings is 1. The summed E-state index contributed by atoms with van der Waals surface area (Å²) in [7, 11) is 0. The van der Waals surface area contributed by atoms with Gasteiger partial charge in [0.1, 0.15) is 0 Å². The maximum atomic E-state index is 2.48. The highest BCUT2D eigenvalue weighted by atomic mass is 14.2. The molecular weight excluding hydrogens is 180 g/mol. The van der Waals surface area contributed by atoms with Crippen molar-refractivity contribution in [3.8, 4) is 0 Å². The summed E-state index contributed by atoms with van der Waals surface area (Å²) in [4.78, 5) is 0. The largest absolute Gasteiger partial charge is 0.0779 e. The molecule has 0 unspecified atom stereocenters. The molecule has 0 spiro atoms. The van der Waals surface area contributed by atoms with Crippen LogP contribution in [0.25, 0.3) is 5.57 Å². The van der Waals surface area contributed by atoms with E-state index in [-0.39, 0.29) is 0 Å². The minimum Gasteiger partial charge on any atom is -0.0779 e. The Labute approximate surface area is 93.0 Å². The zero-order chi connectivity index (χ0) is 10.5. The van der Waals surface area contributed by atoms with E-state index < -0.39 is 0 Å². The van der Waals surface area contributed by atoms with E-state index in [2.05, 4.69) is 43.3 Å². The van der Waals surface area contributed by atoms with Crippen LogP contribution in [0.1, 0.15) is 44.6 Å². The van der Waals surface area contributed by atoms with Crippen LogP contribution in [0, 0.1) is 5.92 Å². The van der Waals surface area contributed by atoms with Crippen molar-refractivity contribution < 1.29 is 0 Å². The predicted octanol–water partition coefficient (Wildman–Crippen LogP) is 4.67. The number of rotatable bonds is 2. The Balaban J connectivity index is 2.06. The van der Waals surface area contributed by atoms with Gasteiger partial charge in [0, 0.05) is 0 Å². The van der Waals surface area contributed by atoms with E-state index in [0.717, 1.165) is 5.92 Å². The van der Waals surface area contributed by atoms with Gasteiger partial charge in [-0.2, -0.15) is 0 Å². The quantitative estimate of drug-likeness (QED) is 0.650. The summed E-state index contributed by atoms with van der Waals surface area (Å²) in [5.41, 5.74) is 2.82. The zero-order valence-electron chi connectivity index (χ0n) is 9.58. The van der Waals surface area contributed by atoms with Crippen LogP contribution in [0.3, 0.4) is 0 Å². The Morgan fingerprint density at radius 1 is 1.07 bits per heavy atom. The smallest absolute Gasteiger partial charge is 0.0228 e. The van der Waals surface area contributed by atoms with Gasteiger partial charge in [0.05, 0.1) is 0 Å². The normalized spacial score (nSPS) is 19.1. The van der Waals surface area contributed by atoms with Gasteiger partial charge in [-0.25, -0.2) is 0 Å². The van der Waals surface area contributed by atoms with Crippen LogP contribution in [-0.2, 0) is 0 Å². The lowest BCUT2D eigenvalue weighted by molar-refractivity contribution is 0.420. The predicted molar refractivity (Wildman–Crippen MR) is 66.7 cm³/mol. The summed E-state index contributed by atoms with van der Waals surface area (Å²) in [5.74, 6) is 0.832. The van der Waals surface area contributed by atoms with Crippen molar-refractivity contribution in [2.24, 2.45) is 5.92 Å². The van der Waals surface area contributed by atoms with Crippen LogP contribution in [0.15, 0.2) is 36.4 Å². The molecule has 1 saturated carbocycles. The van der Waals surface area contributed by atoms with Crippen molar-refractivity contribution >= 4 is 5.57 Å². The highest BCUT2D eigenvalue weighted by Crippen LogP contribution is 2.27. The van der Waals surface area contributed by atoms with Gasteiger partial charge in [-0.05, 0) is 36.8 Å². The second kappa shape index (κ2) is 5.16. The Morgan fingerprint density at radius 3 is 2.40 bits per heavy atom. The topological polar surface area (TPSA) is 0 Å². The Kier molecular flexibility index (Phi) is 3.60. The number of allylic oxidation sites excluding steroid dienone is 2. The van der Waals surface area contributed by atoms with Gasteiger partial charge < -0.3 is 0 Å². The van der Waals surface area contributed by atoms with E-state index in [1.165, 1.54) is 43.2 Å². The Hall–Kier alpha value is -1.04. The van der Waals surface area contributed by atoms with Crippen LogP contribution in [0.4, 0.5) is 0 Å². The van der Waals surface area contributed by atoms with E-state index in [0.29, 0.717) is 0 Å². The summed E-state index contributed by atoms with van der Waals surface area (Å²) < 4.78 is 0. The van der Waals surface area contributed by atoms with E-state index in [4.69, 9.17) is 0 Å². The highest BCUT2D eigenvalue weighted by molar-refractivity contribution is 5.63. The summed E-state index contributed by atoms with van der Waals surface area (Å²) in [6.45, 7) is 2.24. The molecule has 0 radical (unpaired) electrons. The fourth-order valence-corrected chi connectivity index (χ4v) is 2.45. The lowest BCUT2D eigenvalue weighted by Crippen LogP contribution is -2.03. The first-order valence-corrected chi connectivity index (χ1v) is 6.10. The van der Waals surface area contributed by atoms with Crippen LogP contribution in [0.2, 0.25) is 0 Å². The molecule has 0 amide bonds. The third-order valence-electron chi connectivity index (χ3n) is 3.36. The Morgan fingerprint density at radius 2 is 1.73 bits per heavy atom. The number of hydrogen-bond acceptors (Lipinski definition) is 0. The van der Waals surface area contributed by atoms with E-state index >= 15 is 0 Å². The molecule has 0 aromatic heterocycles. The molecule has 2 rings (SSSR count). The standard InChI is InChI=1S/C15H20/c1-13(15-10-6-3-7-11-15)12-14-8-4-2-5-9-14/h3,6-7,10-12,14H,2,4-5,8-9H2,1H3. The average molecular weight is 200 g/mol. The summed E-state index contributed by atoms with van der Waals surface area (Å²) >= 11 is 0. The molecule has 15 heavy (non-hydrogen) atoms. The molecule has 0 heterocycles. The van der Waals surface area contributed by atoms with E-state index in [1.54, 1.807) is 0 Å². The fourth-order valence-electron chi connectivity index (χ4n) is 2.45. The lowest BCUT2D eigenvalue weighted by Gasteiger charge is -2.19. The molecule has 0 nitrogen and oxygen atoms in total. The van der Waals surface area contributed by atoms with Gasteiger partial charge in [-0.3, -0.25) is 0 Å². The van der Waals surface area contributed by atoms with Crippen molar-refractivity contribution in [2.75, 3.05) is 0 Å². The fraction of sp³-hybridized carbons (Fsp3) is 0.467. The van der Waals surface area contributed by atoms with E-state index in [1.807, 2.05) is 0 Å². The van der Waals surface area contributed by atoms with Gasteiger partial charge in [0.15, 0.2) is 0 Å². The van der Waals surface area contributed by atoms with Crippen molar-refractivity contribution in [3.63, 3.8) is 0 Å². The van der Waals surface area contributed by atoms with Crippen LogP contribution in [0.5, 0.6) is 0 Å². The zero-order valence-corrected chi connectivity index (χ0v) is 9.58. The lowest BCUT2D eigenvalue weighted by atomic mass is 9.87. The molecule has 1 fully saturated rings. The van der Waals surface area contributed by atoms with Crippen LogP contribution in [-0.4, -0.2) is 0 Å². The molecule has 0 aliphatic heterocycles. The van der Waals surface area contributed by atoms with Gasteiger partial charge >= 0.3 is 0 Å². The van der Waals surface area contributed by atoms with Crippen molar-refractivity contribution in [3.05, 3.63) is 42.0 Å². The monoisotopic (exact) mass is 200 g/mol.